The first-order valence-electron chi connectivity index (χ1n) is 13.6. The highest BCUT2D eigenvalue weighted by molar-refractivity contribution is 7.85. The number of nitrogens with zero attached hydrogens (tertiary/aromatic N) is 2. The third-order valence-corrected chi connectivity index (χ3v) is 8.21. The zero-order chi connectivity index (χ0) is 30.9. The number of carboxylic acids is 1. The largest absolute Gasteiger partial charge is 0.478 e. The standard InChI is InChI=1S/C34H31Cl2N3O3S/c1-34(2,3)24-11-9-23(10-12-24)22-7-5-21(6-8-22)17-32-37-31(27-15-13-25(35)18-29(27)36)20-39(32)26-14-16-28(33(40)41)30(19-26)38-43(4)42/h5-16,18-20,38H,17H2,1-4H3,(H,40,41). The Balaban J connectivity index is 1.53. The van der Waals surface area contributed by atoms with Crippen LogP contribution in [0.1, 0.15) is 48.1 Å². The van der Waals surface area contributed by atoms with Crippen molar-refractivity contribution in [1.82, 2.24) is 9.55 Å². The molecule has 4 aromatic carbocycles. The van der Waals surface area contributed by atoms with E-state index in [1.165, 1.54) is 17.9 Å². The van der Waals surface area contributed by atoms with Gasteiger partial charge in [0.05, 0.1) is 22.0 Å². The average Bonchev–Trinajstić information content (AvgIpc) is 3.35. The van der Waals surface area contributed by atoms with Crippen LogP contribution in [0.5, 0.6) is 0 Å². The molecule has 0 aliphatic heterocycles. The number of rotatable bonds is 8. The first-order valence-corrected chi connectivity index (χ1v) is 15.9. The number of hydrogen-bond acceptors (Lipinski definition) is 3. The normalized spacial score (nSPS) is 12.2. The molecular weight excluding hydrogens is 601 g/mol. The van der Waals surface area contributed by atoms with E-state index in [4.69, 9.17) is 28.2 Å². The van der Waals surface area contributed by atoms with E-state index in [9.17, 15) is 14.1 Å². The van der Waals surface area contributed by atoms with E-state index in [2.05, 4.69) is 74.0 Å². The number of carbonyl (C=O) groups is 1. The molecule has 1 unspecified atom stereocenters. The summed E-state index contributed by atoms with van der Waals surface area (Å²) in [4.78, 5) is 16.8. The fraction of sp³-hybridized carbons (Fsp3) is 0.176. The van der Waals surface area contributed by atoms with Crippen LogP contribution in [0.15, 0.2) is 91.1 Å². The summed E-state index contributed by atoms with van der Waals surface area (Å²) in [6.45, 7) is 6.61. The fourth-order valence-corrected chi connectivity index (χ4v) is 5.85. The highest BCUT2D eigenvalue weighted by Crippen LogP contribution is 2.33. The lowest BCUT2D eigenvalue weighted by molar-refractivity contribution is 0.0698. The lowest BCUT2D eigenvalue weighted by Crippen LogP contribution is -2.10. The molecule has 0 aliphatic rings. The van der Waals surface area contributed by atoms with Gasteiger partial charge in [-0.3, -0.25) is 0 Å². The minimum atomic E-state index is -1.47. The Kier molecular flexibility index (Phi) is 8.79. The van der Waals surface area contributed by atoms with E-state index >= 15 is 0 Å². The van der Waals surface area contributed by atoms with Crippen LogP contribution in [0.4, 0.5) is 5.69 Å². The molecule has 0 saturated carbocycles. The number of nitrogens with one attached hydrogen (secondary N) is 1. The van der Waals surface area contributed by atoms with Crippen LogP contribution in [0, 0.1) is 0 Å². The van der Waals surface area contributed by atoms with Crippen molar-refractivity contribution in [2.24, 2.45) is 0 Å². The van der Waals surface area contributed by atoms with Crippen molar-refractivity contribution >= 4 is 45.8 Å². The van der Waals surface area contributed by atoms with Crippen molar-refractivity contribution < 1.29 is 14.1 Å². The zero-order valence-corrected chi connectivity index (χ0v) is 26.5. The Morgan fingerprint density at radius 3 is 2.16 bits per heavy atom. The van der Waals surface area contributed by atoms with E-state index in [0.717, 1.165) is 28.1 Å². The number of hydrogen-bond donors (Lipinski definition) is 2. The van der Waals surface area contributed by atoms with E-state index < -0.39 is 17.0 Å². The summed E-state index contributed by atoms with van der Waals surface area (Å²) < 4.78 is 16.6. The molecule has 5 aromatic rings. The van der Waals surface area contributed by atoms with Gasteiger partial charge in [0, 0.05) is 35.1 Å². The van der Waals surface area contributed by atoms with Crippen LogP contribution in [-0.4, -0.2) is 31.1 Å². The van der Waals surface area contributed by atoms with Crippen molar-refractivity contribution in [3.63, 3.8) is 0 Å². The smallest absolute Gasteiger partial charge is 0.337 e. The van der Waals surface area contributed by atoms with Gasteiger partial charge in [-0.15, -0.1) is 0 Å². The minimum Gasteiger partial charge on any atom is -0.478 e. The molecule has 5 rings (SSSR count). The highest BCUT2D eigenvalue weighted by atomic mass is 35.5. The summed E-state index contributed by atoms with van der Waals surface area (Å²) in [5, 5.41) is 10.7. The topological polar surface area (TPSA) is 84.2 Å². The van der Waals surface area contributed by atoms with Crippen LogP contribution in [0.2, 0.25) is 10.0 Å². The fourth-order valence-electron chi connectivity index (χ4n) is 4.86. The molecule has 1 aromatic heterocycles. The Labute approximate surface area is 263 Å². The third kappa shape index (κ3) is 7.02. The SMILES string of the molecule is CS(=O)Nc1cc(-n2cc(-c3ccc(Cl)cc3Cl)nc2Cc2ccc(-c3ccc(C(C)(C)C)cc3)cc2)ccc1C(=O)O. The molecule has 0 radical (unpaired) electrons. The van der Waals surface area contributed by atoms with Gasteiger partial charge < -0.3 is 14.4 Å². The van der Waals surface area contributed by atoms with Crippen LogP contribution >= 0.6 is 23.2 Å². The van der Waals surface area contributed by atoms with Gasteiger partial charge in [-0.1, -0.05) is 92.5 Å². The number of aromatic carboxylic acids is 1. The zero-order valence-electron chi connectivity index (χ0n) is 24.2. The first-order chi connectivity index (χ1) is 20.4. The number of anilines is 1. The number of aromatic nitrogens is 2. The molecule has 0 aliphatic carbocycles. The van der Waals surface area contributed by atoms with Crippen LogP contribution < -0.4 is 4.72 Å². The summed E-state index contributed by atoms with van der Waals surface area (Å²) in [5.41, 5.74) is 6.98. The molecule has 1 heterocycles. The summed E-state index contributed by atoms with van der Waals surface area (Å²) in [5.74, 6) is -0.401. The first kappa shape index (κ1) is 30.5. The van der Waals surface area contributed by atoms with Crippen molar-refractivity contribution in [2.45, 2.75) is 32.6 Å². The van der Waals surface area contributed by atoms with Gasteiger partial charge in [-0.25, -0.2) is 14.0 Å². The molecule has 9 heteroatoms. The summed E-state index contributed by atoms with van der Waals surface area (Å²) in [6.07, 6.45) is 3.81. The maximum absolute atomic E-state index is 12.0. The predicted molar refractivity (Wildman–Crippen MR) is 177 cm³/mol. The molecule has 0 fully saturated rings. The van der Waals surface area contributed by atoms with Crippen LogP contribution in [0.25, 0.3) is 28.1 Å². The molecule has 0 saturated heterocycles. The Morgan fingerprint density at radius 2 is 1.58 bits per heavy atom. The number of benzene rings is 4. The molecular formula is C34H31Cl2N3O3S. The lowest BCUT2D eigenvalue weighted by Gasteiger charge is -2.19. The van der Waals surface area contributed by atoms with Gasteiger partial charge in [0.2, 0.25) is 0 Å². The van der Waals surface area contributed by atoms with Crippen molar-refractivity contribution in [1.29, 1.82) is 0 Å². The lowest BCUT2D eigenvalue weighted by atomic mass is 9.86. The van der Waals surface area contributed by atoms with E-state index in [0.29, 0.717) is 27.8 Å². The molecule has 2 N–H and O–H groups in total. The number of imidazole rings is 1. The summed E-state index contributed by atoms with van der Waals surface area (Å²) in [7, 11) is -1.47. The van der Waals surface area contributed by atoms with Gasteiger partial charge >= 0.3 is 5.97 Å². The number of halogens is 2. The van der Waals surface area contributed by atoms with Crippen molar-refractivity contribution in [3.05, 3.63) is 124 Å². The number of carboxylic acid groups (broad SMARTS) is 1. The Hall–Kier alpha value is -3.91. The Bertz CT molecular complexity index is 1830. The second-order valence-electron chi connectivity index (χ2n) is 11.3. The monoisotopic (exact) mass is 631 g/mol. The van der Waals surface area contributed by atoms with Crippen LogP contribution in [0.3, 0.4) is 0 Å². The quantitative estimate of drug-likeness (QED) is 0.179. The molecule has 220 valence electrons. The van der Waals surface area contributed by atoms with E-state index in [1.54, 1.807) is 24.3 Å². The van der Waals surface area contributed by atoms with Gasteiger partial charge in [0.15, 0.2) is 0 Å². The average molecular weight is 633 g/mol. The second kappa shape index (κ2) is 12.4. The summed E-state index contributed by atoms with van der Waals surface area (Å²) >= 11 is 12.7. The second-order valence-corrected chi connectivity index (χ2v) is 13.3. The van der Waals surface area contributed by atoms with Gasteiger partial charge in [-0.05, 0) is 64.1 Å². The molecule has 0 amide bonds. The Morgan fingerprint density at radius 1 is 0.930 bits per heavy atom. The van der Waals surface area contributed by atoms with Crippen LogP contribution in [-0.2, 0) is 22.8 Å². The molecule has 0 spiro atoms. The maximum atomic E-state index is 12.0. The highest BCUT2D eigenvalue weighted by Gasteiger charge is 2.18. The van der Waals surface area contributed by atoms with E-state index in [1.807, 2.05) is 16.8 Å². The van der Waals surface area contributed by atoms with Crippen molar-refractivity contribution in [2.75, 3.05) is 11.0 Å². The minimum absolute atomic E-state index is 0.0210. The van der Waals surface area contributed by atoms with Gasteiger partial charge in [0.1, 0.15) is 16.8 Å². The molecule has 43 heavy (non-hydrogen) atoms. The van der Waals surface area contributed by atoms with E-state index in [-0.39, 0.29) is 16.7 Å². The van der Waals surface area contributed by atoms with Gasteiger partial charge in [0.25, 0.3) is 0 Å². The van der Waals surface area contributed by atoms with Gasteiger partial charge in [-0.2, -0.15) is 0 Å². The van der Waals surface area contributed by atoms with Crippen molar-refractivity contribution in [3.8, 4) is 28.1 Å². The summed E-state index contributed by atoms with van der Waals surface area (Å²) in [6, 6.07) is 27.1. The maximum Gasteiger partial charge on any atom is 0.337 e. The molecule has 1 atom stereocenters. The predicted octanol–water partition coefficient (Wildman–Crippen LogP) is 8.81. The third-order valence-electron chi connectivity index (χ3n) is 7.15. The molecule has 0 bridgehead atoms. The molecule has 6 nitrogen and oxygen atoms in total.